The van der Waals surface area contributed by atoms with Crippen LogP contribution in [0.1, 0.15) is 25.6 Å². The van der Waals surface area contributed by atoms with Crippen molar-refractivity contribution in [3.63, 3.8) is 0 Å². The number of rotatable bonds is 4. The van der Waals surface area contributed by atoms with Gasteiger partial charge in [0.25, 0.3) is 0 Å². The van der Waals surface area contributed by atoms with Crippen molar-refractivity contribution in [3.05, 3.63) is 11.7 Å². The fraction of sp³-hybridized carbons (Fsp3) is 0.750. The van der Waals surface area contributed by atoms with Crippen molar-refractivity contribution in [2.24, 2.45) is 0 Å². The van der Waals surface area contributed by atoms with Gasteiger partial charge in [-0.1, -0.05) is 5.16 Å². The first-order valence-corrected chi connectivity index (χ1v) is 4.20. The standard InChI is InChI=1S/C8H15N3O2/c1-6-10-7(13-11-6)4-9-5-8(2,3)12/h9,12H,4-5H2,1-3H3. The molecule has 0 saturated carbocycles. The third-order valence-electron chi connectivity index (χ3n) is 1.40. The van der Waals surface area contributed by atoms with Crippen LogP contribution in [0.5, 0.6) is 0 Å². The summed E-state index contributed by atoms with van der Waals surface area (Å²) < 4.78 is 4.87. The Morgan fingerprint density at radius 2 is 2.23 bits per heavy atom. The van der Waals surface area contributed by atoms with Gasteiger partial charge in [-0.25, -0.2) is 0 Å². The molecule has 1 aromatic rings. The molecule has 0 saturated heterocycles. The molecule has 2 N–H and O–H groups in total. The summed E-state index contributed by atoms with van der Waals surface area (Å²) in [6.07, 6.45) is 0. The number of hydrogen-bond acceptors (Lipinski definition) is 5. The average molecular weight is 185 g/mol. The maximum Gasteiger partial charge on any atom is 0.240 e. The SMILES string of the molecule is Cc1noc(CNCC(C)(C)O)n1. The Morgan fingerprint density at radius 1 is 1.54 bits per heavy atom. The number of nitrogens with zero attached hydrogens (tertiary/aromatic N) is 2. The van der Waals surface area contributed by atoms with E-state index in [9.17, 15) is 5.11 Å². The molecule has 1 rings (SSSR count). The van der Waals surface area contributed by atoms with E-state index in [-0.39, 0.29) is 0 Å². The Bertz CT molecular complexity index is 265. The fourth-order valence-electron chi connectivity index (χ4n) is 0.887. The van der Waals surface area contributed by atoms with Crippen LogP contribution in [0.25, 0.3) is 0 Å². The smallest absolute Gasteiger partial charge is 0.240 e. The Kier molecular flexibility index (Phi) is 3.00. The first-order valence-electron chi connectivity index (χ1n) is 4.20. The number of nitrogens with one attached hydrogen (secondary N) is 1. The Balaban J connectivity index is 2.28. The number of aromatic nitrogens is 2. The molecular formula is C8H15N3O2. The third-order valence-corrected chi connectivity index (χ3v) is 1.40. The quantitative estimate of drug-likeness (QED) is 0.703. The molecule has 1 heterocycles. The third kappa shape index (κ3) is 4.00. The molecule has 13 heavy (non-hydrogen) atoms. The summed E-state index contributed by atoms with van der Waals surface area (Å²) in [6.45, 7) is 6.22. The van der Waals surface area contributed by atoms with Crippen LogP contribution >= 0.6 is 0 Å². The molecule has 0 spiro atoms. The topological polar surface area (TPSA) is 71.2 Å². The predicted molar refractivity (Wildman–Crippen MR) is 47.0 cm³/mol. The van der Waals surface area contributed by atoms with E-state index in [2.05, 4.69) is 15.5 Å². The molecule has 0 aromatic carbocycles. The van der Waals surface area contributed by atoms with Gasteiger partial charge in [-0.2, -0.15) is 4.98 Å². The van der Waals surface area contributed by atoms with E-state index in [0.717, 1.165) is 0 Å². The molecule has 0 aliphatic rings. The van der Waals surface area contributed by atoms with Crippen LogP contribution in [0.15, 0.2) is 4.52 Å². The molecule has 74 valence electrons. The zero-order valence-corrected chi connectivity index (χ0v) is 8.16. The number of hydrogen-bond donors (Lipinski definition) is 2. The molecule has 0 atom stereocenters. The van der Waals surface area contributed by atoms with Crippen LogP contribution in [0.2, 0.25) is 0 Å². The van der Waals surface area contributed by atoms with Crippen LogP contribution < -0.4 is 5.32 Å². The first kappa shape index (κ1) is 10.1. The summed E-state index contributed by atoms with van der Waals surface area (Å²) in [6, 6.07) is 0. The predicted octanol–water partition coefficient (Wildman–Crippen LogP) is 0.239. The second kappa shape index (κ2) is 3.85. The van der Waals surface area contributed by atoms with Crippen molar-refractivity contribution in [1.82, 2.24) is 15.5 Å². The minimum Gasteiger partial charge on any atom is -0.389 e. The van der Waals surface area contributed by atoms with Crippen molar-refractivity contribution in [1.29, 1.82) is 0 Å². The van der Waals surface area contributed by atoms with Crippen molar-refractivity contribution in [3.8, 4) is 0 Å². The fourth-order valence-corrected chi connectivity index (χ4v) is 0.887. The molecule has 0 bridgehead atoms. The van der Waals surface area contributed by atoms with Crippen molar-refractivity contribution < 1.29 is 9.63 Å². The molecule has 1 aromatic heterocycles. The second-order valence-electron chi connectivity index (χ2n) is 3.65. The highest BCUT2D eigenvalue weighted by Crippen LogP contribution is 1.99. The molecule has 0 aliphatic heterocycles. The Labute approximate surface area is 77.2 Å². The number of aliphatic hydroxyl groups is 1. The molecule has 0 fully saturated rings. The summed E-state index contributed by atoms with van der Waals surface area (Å²) in [5, 5.41) is 16.0. The van der Waals surface area contributed by atoms with E-state index in [4.69, 9.17) is 4.52 Å². The van der Waals surface area contributed by atoms with Gasteiger partial charge in [0.1, 0.15) is 0 Å². The molecule has 5 nitrogen and oxygen atoms in total. The highest BCUT2D eigenvalue weighted by atomic mass is 16.5. The Hall–Kier alpha value is -0.940. The van der Waals surface area contributed by atoms with E-state index in [1.807, 2.05) is 0 Å². The van der Waals surface area contributed by atoms with E-state index < -0.39 is 5.60 Å². The van der Waals surface area contributed by atoms with E-state index in [0.29, 0.717) is 24.8 Å². The van der Waals surface area contributed by atoms with Gasteiger partial charge < -0.3 is 14.9 Å². The highest BCUT2D eigenvalue weighted by molar-refractivity contribution is 4.82. The van der Waals surface area contributed by atoms with Gasteiger partial charge in [0.2, 0.25) is 5.89 Å². The molecule has 0 amide bonds. The summed E-state index contributed by atoms with van der Waals surface area (Å²) in [7, 11) is 0. The average Bonchev–Trinajstić information content (AvgIpc) is 2.33. The summed E-state index contributed by atoms with van der Waals surface area (Å²) >= 11 is 0. The largest absolute Gasteiger partial charge is 0.389 e. The maximum atomic E-state index is 9.37. The van der Waals surface area contributed by atoms with Gasteiger partial charge in [-0.3, -0.25) is 0 Å². The summed E-state index contributed by atoms with van der Waals surface area (Å²) in [5.74, 6) is 1.17. The van der Waals surface area contributed by atoms with Gasteiger partial charge in [0.15, 0.2) is 5.82 Å². The summed E-state index contributed by atoms with van der Waals surface area (Å²) in [4.78, 5) is 4.01. The molecule has 0 radical (unpaired) electrons. The molecule has 0 unspecified atom stereocenters. The van der Waals surface area contributed by atoms with Crippen LogP contribution in [-0.4, -0.2) is 27.4 Å². The van der Waals surface area contributed by atoms with E-state index in [1.54, 1.807) is 20.8 Å². The second-order valence-corrected chi connectivity index (χ2v) is 3.65. The Morgan fingerprint density at radius 3 is 2.69 bits per heavy atom. The first-order chi connectivity index (χ1) is 5.97. The van der Waals surface area contributed by atoms with Crippen LogP contribution in [-0.2, 0) is 6.54 Å². The maximum absolute atomic E-state index is 9.37. The van der Waals surface area contributed by atoms with Gasteiger partial charge >= 0.3 is 0 Å². The summed E-state index contributed by atoms with van der Waals surface area (Å²) in [5.41, 5.74) is -0.713. The highest BCUT2D eigenvalue weighted by Gasteiger charge is 2.12. The minimum atomic E-state index is -0.713. The van der Waals surface area contributed by atoms with Gasteiger partial charge in [0, 0.05) is 6.54 Å². The lowest BCUT2D eigenvalue weighted by Crippen LogP contribution is -2.34. The minimum absolute atomic E-state index is 0.491. The van der Waals surface area contributed by atoms with Gasteiger partial charge in [-0.15, -0.1) is 0 Å². The van der Waals surface area contributed by atoms with Crippen molar-refractivity contribution in [2.45, 2.75) is 32.9 Å². The van der Waals surface area contributed by atoms with E-state index in [1.165, 1.54) is 0 Å². The lowest BCUT2D eigenvalue weighted by atomic mass is 10.1. The van der Waals surface area contributed by atoms with Gasteiger partial charge in [-0.05, 0) is 20.8 Å². The van der Waals surface area contributed by atoms with Crippen LogP contribution in [0.4, 0.5) is 0 Å². The lowest BCUT2D eigenvalue weighted by Gasteiger charge is -2.16. The molecule has 5 heteroatoms. The van der Waals surface area contributed by atoms with Gasteiger partial charge in [0.05, 0.1) is 12.1 Å². The van der Waals surface area contributed by atoms with Crippen LogP contribution in [0, 0.1) is 6.92 Å². The lowest BCUT2D eigenvalue weighted by molar-refractivity contribution is 0.0787. The molecule has 0 aliphatic carbocycles. The monoisotopic (exact) mass is 185 g/mol. The zero-order valence-electron chi connectivity index (χ0n) is 8.16. The van der Waals surface area contributed by atoms with Crippen molar-refractivity contribution in [2.75, 3.05) is 6.54 Å². The number of aryl methyl sites for hydroxylation is 1. The normalized spacial score (nSPS) is 12.0. The zero-order chi connectivity index (χ0) is 9.90. The van der Waals surface area contributed by atoms with E-state index >= 15 is 0 Å². The van der Waals surface area contributed by atoms with Crippen molar-refractivity contribution >= 4 is 0 Å². The molecular weight excluding hydrogens is 170 g/mol. The van der Waals surface area contributed by atoms with Crippen LogP contribution in [0.3, 0.4) is 0 Å².